The molecule has 0 aliphatic heterocycles. The first-order chi connectivity index (χ1) is 11.5. The van der Waals surface area contributed by atoms with Crippen molar-refractivity contribution in [3.8, 4) is 5.75 Å². The molecule has 0 saturated heterocycles. The molecule has 2 aromatic rings. The Balaban J connectivity index is 1.84. The van der Waals surface area contributed by atoms with Crippen LogP contribution in [0.15, 0.2) is 48.5 Å². The van der Waals surface area contributed by atoms with Crippen LogP contribution in [-0.4, -0.2) is 17.9 Å². The number of rotatable bonds is 5. The lowest BCUT2D eigenvalue weighted by atomic mass is 10.1. The molecule has 5 nitrogen and oxygen atoms in total. The van der Waals surface area contributed by atoms with Crippen LogP contribution in [0.2, 0.25) is 0 Å². The number of hydrogen-bond donors (Lipinski definition) is 2. The maximum absolute atomic E-state index is 12.1. The van der Waals surface area contributed by atoms with Gasteiger partial charge in [0.1, 0.15) is 5.75 Å². The summed E-state index contributed by atoms with van der Waals surface area (Å²) < 4.78 is 5.72. The highest BCUT2D eigenvalue weighted by Crippen LogP contribution is 2.23. The van der Waals surface area contributed by atoms with Crippen molar-refractivity contribution >= 4 is 11.8 Å². The average Bonchev–Trinajstić information content (AvgIpc) is 2.57. The number of aryl methyl sites for hydroxylation is 2. The van der Waals surface area contributed by atoms with Crippen molar-refractivity contribution < 1.29 is 14.3 Å². The number of para-hydroxylation sites is 1. The van der Waals surface area contributed by atoms with Crippen LogP contribution in [0, 0.1) is 13.8 Å². The molecule has 0 aliphatic rings. The van der Waals surface area contributed by atoms with E-state index in [0.29, 0.717) is 5.75 Å². The van der Waals surface area contributed by atoms with Gasteiger partial charge in [-0.3, -0.25) is 20.4 Å². The quantitative estimate of drug-likeness (QED) is 0.830. The molecule has 0 spiro atoms. The van der Waals surface area contributed by atoms with Gasteiger partial charge in [0, 0.05) is 0 Å². The lowest BCUT2D eigenvalue weighted by Crippen LogP contribution is -2.47. The van der Waals surface area contributed by atoms with E-state index in [-0.39, 0.29) is 12.3 Å². The van der Waals surface area contributed by atoms with Crippen LogP contribution in [-0.2, 0) is 16.0 Å². The van der Waals surface area contributed by atoms with Gasteiger partial charge in [-0.1, -0.05) is 48.5 Å². The number of amides is 2. The second-order valence-corrected chi connectivity index (χ2v) is 5.68. The largest absolute Gasteiger partial charge is 0.480 e. The van der Waals surface area contributed by atoms with Crippen molar-refractivity contribution in [3.63, 3.8) is 0 Å². The number of carbonyl (C=O) groups is 2. The zero-order chi connectivity index (χ0) is 17.5. The third-order valence-corrected chi connectivity index (χ3v) is 3.61. The summed E-state index contributed by atoms with van der Waals surface area (Å²) in [6.07, 6.45) is -0.519. The van der Waals surface area contributed by atoms with Gasteiger partial charge < -0.3 is 4.74 Å². The van der Waals surface area contributed by atoms with Gasteiger partial charge in [0.25, 0.3) is 5.91 Å². The fourth-order valence-electron chi connectivity index (χ4n) is 2.27. The minimum Gasteiger partial charge on any atom is -0.480 e. The van der Waals surface area contributed by atoms with Crippen molar-refractivity contribution in [1.82, 2.24) is 10.9 Å². The number of ether oxygens (including phenoxy) is 1. The number of benzene rings is 2. The van der Waals surface area contributed by atoms with Crippen molar-refractivity contribution in [2.45, 2.75) is 33.3 Å². The van der Waals surface area contributed by atoms with Crippen molar-refractivity contribution in [3.05, 3.63) is 65.2 Å². The molecule has 2 N–H and O–H groups in total. The van der Waals surface area contributed by atoms with Gasteiger partial charge in [-0.15, -0.1) is 0 Å². The molecule has 0 bridgehead atoms. The Labute approximate surface area is 142 Å². The van der Waals surface area contributed by atoms with Crippen LogP contribution in [0.25, 0.3) is 0 Å². The minimum absolute atomic E-state index is 0.202. The molecule has 0 heterocycles. The van der Waals surface area contributed by atoms with Gasteiger partial charge in [0.15, 0.2) is 6.10 Å². The number of hydrazine groups is 1. The van der Waals surface area contributed by atoms with Gasteiger partial charge in [-0.2, -0.15) is 0 Å². The molecular formula is C19H22N2O3. The van der Waals surface area contributed by atoms with E-state index in [4.69, 9.17) is 4.74 Å². The third-order valence-electron chi connectivity index (χ3n) is 3.61. The predicted molar refractivity (Wildman–Crippen MR) is 92.4 cm³/mol. The second kappa shape index (κ2) is 8.15. The highest BCUT2D eigenvalue weighted by molar-refractivity contribution is 5.85. The van der Waals surface area contributed by atoms with Gasteiger partial charge in [-0.25, -0.2) is 0 Å². The molecule has 0 fully saturated rings. The normalized spacial score (nSPS) is 11.5. The molecule has 5 heteroatoms. The van der Waals surface area contributed by atoms with E-state index in [1.54, 1.807) is 6.92 Å². The third kappa shape index (κ3) is 4.84. The summed E-state index contributed by atoms with van der Waals surface area (Å²) in [6, 6.07) is 15.1. The second-order valence-electron chi connectivity index (χ2n) is 5.68. The highest BCUT2D eigenvalue weighted by atomic mass is 16.5. The Morgan fingerprint density at radius 3 is 2.21 bits per heavy atom. The number of nitrogens with one attached hydrogen (secondary N) is 2. The highest BCUT2D eigenvalue weighted by Gasteiger charge is 2.17. The summed E-state index contributed by atoms with van der Waals surface area (Å²) in [7, 11) is 0. The Bertz CT molecular complexity index is 694. The van der Waals surface area contributed by atoms with E-state index in [1.807, 2.05) is 62.4 Å². The smallest absolute Gasteiger partial charge is 0.279 e. The predicted octanol–water partition coefficient (Wildman–Crippen LogP) is 2.46. The molecule has 2 aromatic carbocycles. The van der Waals surface area contributed by atoms with Crippen LogP contribution in [0.4, 0.5) is 0 Å². The van der Waals surface area contributed by atoms with Crippen molar-refractivity contribution in [2.75, 3.05) is 0 Å². The molecule has 0 radical (unpaired) electrons. The lowest BCUT2D eigenvalue weighted by Gasteiger charge is -2.18. The van der Waals surface area contributed by atoms with E-state index < -0.39 is 12.0 Å². The van der Waals surface area contributed by atoms with Gasteiger partial charge >= 0.3 is 0 Å². The van der Waals surface area contributed by atoms with Crippen LogP contribution in [0.1, 0.15) is 23.6 Å². The molecule has 24 heavy (non-hydrogen) atoms. The molecule has 126 valence electrons. The standard InChI is InChI=1S/C19H22N2O3/c1-13-8-7-9-14(2)18(13)24-15(3)19(23)21-20-17(22)12-16-10-5-4-6-11-16/h4-11,15H,12H2,1-3H3,(H,20,22)(H,21,23)/t15-/m1/s1. The van der Waals surface area contributed by atoms with E-state index in [1.165, 1.54) is 0 Å². The first-order valence-corrected chi connectivity index (χ1v) is 7.83. The van der Waals surface area contributed by atoms with E-state index in [9.17, 15) is 9.59 Å². The summed E-state index contributed by atoms with van der Waals surface area (Å²) in [4.78, 5) is 23.9. The monoisotopic (exact) mass is 326 g/mol. The van der Waals surface area contributed by atoms with Gasteiger partial charge in [0.05, 0.1) is 6.42 Å². The summed E-state index contributed by atoms with van der Waals surface area (Å²) in [6.45, 7) is 5.49. The van der Waals surface area contributed by atoms with E-state index in [2.05, 4.69) is 10.9 Å². The van der Waals surface area contributed by atoms with Crippen molar-refractivity contribution in [2.24, 2.45) is 0 Å². The van der Waals surface area contributed by atoms with Crippen LogP contribution >= 0.6 is 0 Å². The topological polar surface area (TPSA) is 67.4 Å². The Hall–Kier alpha value is -2.82. The van der Waals surface area contributed by atoms with Gasteiger partial charge in [0.2, 0.25) is 5.91 Å². The molecule has 2 amide bonds. The molecule has 1 atom stereocenters. The van der Waals surface area contributed by atoms with Crippen molar-refractivity contribution in [1.29, 1.82) is 0 Å². The van der Waals surface area contributed by atoms with E-state index >= 15 is 0 Å². The first-order valence-electron chi connectivity index (χ1n) is 7.83. The number of carbonyl (C=O) groups excluding carboxylic acids is 2. The summed E-state index contributed by atoms with van der Waals surface area (Å²) >= 11 is 0. The maximum atomic E-state index is 12.1. The lowest BCUT2D eigenvalue weighted by molar-refractivity contribution is -0.132. The minimum atomic E-state index is -0.721. The molecule has 0 saturated carbocycles. The zero-order valence-corrected chi connectivity index (χ0v) is 14.1. The fraction of sp³-hybridized carbons (Fsp3) is 0.263. The van der Waals surface area contributed by atoms with Crippen LogP contribution in [0.3, 0.4) is 0 Å². The molecule has 0 unspecified atom stereocenters. The molecule has 2 rings (SSSR count). The Kier molecular flexibility index (Phi) is 5.95. The van der Waals surface area contributed by atoms with E-state index in [0.717, 1.165) is 16.7 Å². The number of hydrogen-bond acceptors (Lipinski definition) is 3. The van der Waals surface area contributed by atoms with Crippen LogP contribution in [0.5, 0.6) is 5.75 Å². The summed E-state index contributed by atoms with van der Waals surface area (Å²) in [5, 5.41) is 0. The Morgan fingerprint density at radius 1 is 0.958 bits per heavy atom. The SMILES string of the molecule is Cc1cccc(C)c1O[C@H](C)C(=O)NNC(=O)Cc1ccccc1. The van der Waals surface area contributed by atoms with Gasteiger partial charge in [-0.05, 0) is 37.5 Å². The fourth-order valence-corrected chi connectivity index (χ4v) is 2.27. The molecular weight excluding hydrogens is 304 g/mol. The first kappa shape index (κ1) is 17.5. The van der Waals surface area contributed by atoms with Crippen LogP contribution < -0.4 is 15.6 Å². The molecule has 0 aliphatic carbocycles. The zero-order valence-electron chi connectivity index (χ0n) is 14.1. The average molecular weight is 326 g/mol. The summed E-state index contributed by atoms with van der Waals surface area (Å²) in [5.74, 6) is 0.00338. The Morgan fingerprint density at radius 2 is 1.58 bits per heavy atom. The molecule has 0 aromatic heterocycles. The summed E-state index contributed by atoms with van der Waals surface area (Å²) in [5.41, 5.74) is 7.61. The maximum Gasteiger partial charge on any atom is 0.279 e.